The highest BCUT2D eigenvalue weighted by atomic mass is 16.7. The summed E-state index contributed by atoms with van der Waals surface area (Å²) in [5.41, 5.74) is 1.23. The van der Waals surface area contributed by atoms with Gasteiger partial charge in [0.05, 0.1) is 39.6 Å². The summed E-state index contributed by atoms with van der Waals surface area (Å²) in [7, 11) is 2.81. The maximum atomic E-state index is 12.6. The lowest BCUT2D eigenvalue weighted by Gasteiger charge is -2.43. The van der Waals surface area contributed by atoms with Gasteiger partial charge in [0, 0.05) is 17.2 Å². The second-order valence-electron chi connectivity index (χ2n) is 14.1. The molecule has 16 heteroatoms. The van der Waals surface area contributed by atoms with Crippen molar-refractivity contribution in [3.8, 4) is 11.6 Å². The second-order valence-corrected chi connectivity index (χ2v) is 14.1. The number of nitrogens with one attached hydrogen (secondary N) is 1. The standard InChI is InChI=1S/C38H59NO15/c1-9-20(3)23(17-51-36-33(47)31(45)29(43)26(54-36)18-52-37-32(46)30(44)28(42)25(16-40)53-37)21(4)15-19(2)11-10-13-38(6,48)14-12-24-22(5)27(41)34(49-7)35(39-24)50-8/h9-12,14-15,21,23,25-26,28-33,36-37,40,42-48H,13,16-18H2,1-8H3,(H,39,41)/b11-10+,14-12+,19-15+,20-9+/t21-,23+,25-,26-,28+,29-,30+,31+,32-,33-,36-,37+,38?/m1/s1. The molecule has 0 aliphatic carbocycles. The van der Waals surface area contributed by atoms with Crippen molar-refractivity contribution in [3.05, 3.63) is 63.0 Å². The fraction of sp³-hybridized carbons (Fsp3) is 0.658. The predicted octanol–water partition coefficient (Wildman–Crippen LogP) is 0.217. The zero-order valence-corrected chi connectivity index (χ0v) is 32.2. The Morgan fingerprint density at radius 1 is 0.926 bits per heavy atom. The zero-order valence-electron chi connectivity index (χ0n) is 32.2. The van der Waals surface area contributed by atoms with Gasteiger partial charge in [0.15, 0.2) is 12.6 Å². The molecule has 3 rings (SSSR count). The van der Waals surface area contributed by atoms with E-state index in [9.17, 15) is 45.6 Å². The number of aliphatic hydroxyl groups is 8. The number of hydrogen-bond donors (Lipinski definition) is 9. The van der Waals surface area contributed by atoms with E-state index in [0.717, 1.165) is 11.1 Å². The topological polar surface area (TPSA) is 250 Å². The normalized spacial score (nSPS) is 32.1. The van der Waals surface area contributed by atoms with Crippen LogP contribution in [0.1, 0.15) is 52.3 Å². The minimum atomic E-state index is -1.68. The first-order valence-corrected chi connectivity index (χ1v) is 17.9. The van der Waals surface area contributed by atoms with Crippen LogP contribution in [0.15, 0.2) is 46.3 Å². The first kappa shape index (κ1) is 45.4. The summed E-state index contributed by atoms with van der Waals surface area (Å²) in [6.45, 7) is 9.99. The first-order chi connectivity index (χ1) is 25.4. The van der Waals surface area contributed by atoms with Gasteiger partial charge in [-0.05, 0) is 53.0 Å². The van der Waals surface area contributed by atoms with Crippen LogP contribution < -0.4 is 14.9 Å². The lowest BCUT2D eigenvalue weighted by atomic mass is 9.86. The number of H-pyrrole nitrogens is 1. The molecule has 13 atom stereocenters. The van der Waals surface area contributed by atoms with Crippen molar-refractivity contribution in [2.75, 3.05) is 34.0 Å². The molecule has 54 heavy (non-hydrogen) atoms. The highest BCUT2D eigenvalue weighted by Gasteiger charge is 2.47. The summed E-state index contributed by atoms with van der Waals surface area (Å²) >= 11 is 0. The second kappa shape index (κ2) is 20.3. The Balaban J connectivity index is 1.64. The fourth-order valence-electron chi connectivity index (χ4n) is 6.26. The van der Waals surface area contributed by atoms with Crippen molar-refractivity contribution in [1.29, 1.82) is 0 Å². The van der Waals surface area contributed by atoms with Crippen LogP contribution in [-0.4, -0.2) is 147 Å². The molecule has 0 radical (unpaired) electrons. The van der Waals surface area contributed by atoms with Gasteiger partial charge in [-0.15, -0.1) is 0 Å². The molecule has 0 bridgehead atoms. The number of aromatic amines is 1. The van der Waals surface area contributed by atoms with Crippen molar-refractivity contribution in [2.24, 2.45) is 11.8 Å². The summed E-state index contributed by atoms with van der Waals surface area (Å²) in [5.74, 6) is -0.0264. The third kappa shape index (κ3) is 11.3. The highest BCUT2D eigenvalue weighted by molar-refractivity contribution is 5.54. The molecule has 9 N–H and O–H groups in total. The van der Waals surface area contributed by atoms with Crippen LogP contribution in [0.4, 0.5) is 0 Å². The van der Waals surface area contributed by atoms with E-state index in [1.165, 1.54) is 14.2 Å². The number of allylic oxidation sites excluding steroid dienone is 4. The predicted molar refractivity (Wildman–Crippen MR) is 197 cm³/mol. The van der Waals surface area contributed by atoms with Gasteiger partial charge in [0.2, 0.25) is 17.1 Å². The van der Waals surface area contributed by atoms with Crippen LogP contribution in [0, 0.1) is 18.8 Å². The summed E-state index contributed by atoms with van der Waals surface area (Å²) in [6, 6.07) is 0. The Morgan fingerprint density at radius 3 is 2.09 bits per heavy atom. The summed E-state index contributed by atoms with van der Waals surface area (Å²) in [6.07, 6.45) is -3.94. The van der Waals surface area contributed by atoms with Gasteiger partial charge in [-0.25, -0.2) is 0 Å². The number of pyridine rings is 1. The van der Waals surface area contributed by atoms with Gasteiger partial charge < -0.3 is 74.3 Å². The van der Waals surface area contributed by atoms with Gasteiger partial charge >= 0.3 is 0 Å². The monoisotopic (exact) mass is 769 g/mol. The quantitative estimate of drug-likeness (QED) is 0.0760. The average Bonchev–Trinajstić information content (AvgIpc) is 3.14. The van der Waals surface area contributed by atoms with E-state index in [-0.39, 0.29) is 41.9 Å². The van der Waals surface area contributed by atoms with Crippen LogP contribution in [-0.2, 0) is 18.9 Å². The van der Waals surface area contributed by atoms with Crippen molar-refractivity contribution in [2.45, 2.75) is 115 Å². The van der Waals surface area contributed by atoms with E-state index in [1.807, 2.05) is 52.0 Å². The number of hydrogen-bond acceptors (Lipinski definition) is 15. The number of rotatable bonds is 17. The van der Waals surface area contributed by atoms with Crippen molar-refractivity contribution in [3.63, 3.8) is 0 Å². The van der Waals surface area contributed by atoms with Crippen LogP contribution in [0.2, 0.25) is 0 Å². The summed E-state index contributed by atoms with van der Waals surface area (Å²) < 4.78 is 33.0. The minimum absolute atomic E-state index is 0.0623. The Bertz CT molecular complexity index is 1530. The zero-order chi connectivity index (χ0) is 40.5. The lowest BCUT2D eigenvalue weighted by Crippen LogP contribution is -2.61. The van der Waals surface area contributed by atoms with Crippen LogP contribution in [0.3, 0.4) is 0 Å². The molecule has 2 aliphatic heterocycles. The largest absolute Gasteiger partial charge is 0.488 e. The molecule has 1 aromatic heterocycles. The van der Waals surface area contributed by atoms with E-state index in [2.05, 4.69) is 4.98 Å². The Labute approximate surface area is 315 Å². The molecule has 0 aromatic carbocycles. The fourth-order valence-corrected chi connectivity index (χ4v) is 6.26. The molecule has 0 spiro atoms. The molecule has 1 unspecified atom stereocenters. The van der Waals surface area contributed by atoms with E-state index in [4.69, 9.17) is 28.4 Å². The van der Waals surface area contributed by atoms with Crippen LogP contribution >= 0.6 is 0 Å². The molecule has 2 aliphatic rings. The van der Waals surface area contributed by atoms with E-state index < -0.39 is 80.2 Å². The van der Waals surface area contributed by atoms with Crippen LogP contribution in [0.5, 0.6) is 11.6 Å². The Hall–Kier alpha value is -2.97. The smallest absolute Gasteiger partial charge is 0.238 e. The highest BCUT2D eigenvalue weighted by Crippen LogP contribution is 2.29. The third-order valence-corrected chi connectivity index (χ3v) is 9.92. The van der Waals surface area contributed by atoms with Crippen molar-refractivity contribution >= 4 is 6.08 Å². The SMILES string of the molecule is C/C=C(\C)[C@H](CO[C@@H]1O[C@H](CO[C@H]2O[C@H](CO)[C@H](O)[C@H](O)[C@H]2O)[C@@H](O)[C@H](O)[C@H]1O)[C@H](C)/C=C(C)/C=C/CC(C)(O)/C=C/c1[nH]c(OC)c(OC)c(=O)c1C. The van der Waals surface area contributed by atoms with Crippen LogP contribution in [0.25, 0.3) is 6.08 Å². The Kier molecular flexibility index (Phi) is 17.0. The van der Waals surface area contributed by atoms with Crippen molar-refractivity contribution in [1.82, 2.24) is 4.98 Å². The maximum Gasteiger partial charge on any atom is 0.238 e. The van der Waals surface area contributed by atoms with E-state index in [1.54, 1.807) is 26.0 Å². The summed E-state index contributed by atoms with van der Waals surface area (Å²) in [5, 5.41) is 82.7. The Morgan fingerprint density at radius 2 is 1.52 bits per heavy atom. The van der Waals surface area contributed by atoms with Crippen molar-refractivity contribution < 1.29 is 69.3 Å². The van der Waals surface area contributed by atoms with Gasteiger partial charge in [-0.2, -0.15) is 0 Å². The molecular formula is C38H59NO15. The molecular weight excluding hydrogens is 710 g/mol. The number of methoxy groups -OCH3 is 2. The molecule has 1 aromatic rings. The maximum absolute atomic E-state index is 12.6. The van der Waals surface area contributed by atoms with E-state index >= 15 is 0 Å². The number of aromatic nitrogens is 1. The van der Waals surface area contributed by atoms with Gasteiger partial charge in [-0.3, -0.25) is 4.79 Å². The minimum Gasteiger partial charge on any atom is -0.488 e. The molecule has 2 fully saturated rings. The molecule has 16 nitrogen and oxygen atoms in total. The van der Waals surface area contributed by atoms with Gasteiger partial charge in [0.25, 0.3) is 0 Å². The molecule has 0 amide bonds. The molecule has 2 saturated heterocycles. The third-order valence-electron chi connectivity index (χ3n) is 9.92. The molecule has 3 heterocycles. The molecule has 0 saturated carbocycles. The summed E-state index contributed by atoms with van der Waals surface area (Å²) in [4.78, 5) is 15.6. The lowest BCUT2D eigenvalue weighted by molar-refractivity contribution is -0.331. The first-order valence-electron chi connectivity index (χ1n) is 17.9. The molecule has 306 valence electrons. The number of aliphatic hydroxyl groups excluding tert-OH is 7. The van der Waals surface area contributed by atoms with Gasteiger partial charge in [0.1, 0.15) is 48.8 Å². The average molecular weight is 770 g/mol. The van der Waals surface area contributed by atoms with E-state index in [0.29, 0.717) is 11.3 Å². The number of ether oxygens (including phenoxy) is 6. The van der Waals surface area contributed by atoms with Gasteiger partial charge in [-0.1, -0.05) is 48.5 Å².